The minimum atomic E-state index is 0.465. The van der Waals surface area contributed by atoms with Crippen molar-refractivity contribution in [2.75, 3.05) is 0 Å². The maximum Gasteiger partial charge on any atom is 0.299 e. The zero-order valence-electron chi connectivity index (χ0n) is 10.3. The van der Waals surface area contributed by atoms with E-state index in [0.29, 0.717) is 11.5 Å². The van der Waals surface area contributed by atoms with Crippen molar-refractivity contribution in [3.05, 3.63) is 63.1 Å². The molecule has 0 aliphatic rings. The Morgan fingerprint density at radius 1 is 1.11 bits per heavy atom. The van der Waals surface area contributed by atoms with E-state index in [4.69, 9.17) is 0 Å². The van der Waals surface area contributed by atoms with E-state index in [1.165, 1.54) is 0 Å². The fraction of sp³-hybridized carbons (Fsp3) is 0.0667. The van der Waals surface area contributed by atoms with Crippen LogP contribution in [0.1, 0.15) is 5.82 Å². The van der Waals surface area contributed by atoms with E-state index in [9.17, 15) is 5.21 Å². The molecule has 0 N–H and O–H groups in total. The van der Waals surface area contributed by atoms with E-state index in [0.717, 1.165) is 24.8 Å². The molecule has 0 saturated heterocycles. The van der Waals surface area contributed by atoms with Crippen LogP contribution in [-0.4, -0.2) is 4.98 Å². The van der Waals surface area contributed by atoms with Gasteiger partial charge in [-0.15, -0.1) is 0 Å². The molecule has 3 aromatic rings. The van der Waals surface area contributed by atoms with Crippen LogP contribution in [0, 0.1) is 15.7 Å². The fourth-order valence-corrected chi connectivity index (χ4v) is 2.65. The number of rotatable bonds is 1. The Bertz CT molecular complexity index is 757. The van der Waals surface area contributed by atoms with E-state index < -0.39 is 0 Å². The molecule has 0 aliphatic carbocycles. The zero-order chi connectivity index (χ0) is 13.4. The number of halogens is 1. The van der Waals surface area contributed by atoms with Crippen molar-refractivity contribution in [2.45, 2.75) is 6.92 Å². The Balaban J connectivity index is 2.44. The smallest absolute Gasteiger partial charge is 0.299 e. The highest BCUT2D eigenvalue weighted by atomic mass is 127. The van der Waals surface area contributed by atoms with Crippen molar-refractivity contribution in [3.63, 3.8) is 0 Å². The predicted molar refractivity (Wildman–Crippen MR) is 83.6 cm³/mol. The van der Waals surface area contributed by atoms with Gasteiger partial charge < -0.3 is 5.21 Å². The summed E-state index contributed by atoms with van der Waals surface area (Å²) in [7, 11) is 0. The molecule has 0 spiro atoms. The van der Waals surface area contributed by atoms with Gasteiger partial charge in [-0.1, -0.05) is 30.3 Å². The average molecular weight is 362 g/mol. The molecule has 0 unspecified atom stereocenters. The number of benzene rings is 2. The van der Waals surface area contributed by atoms with E-state index in [2.05, 4.69) is 27.6 Å². The van der Waals surface area contributed by atoms with E-state index in [-0.39, 0.29) is 0 Å². The maximum atomic E-state index is 12.3. The molecule has 0 bridgehead atoms. The van der Waals surface area contributed by atoms with Gasteiger partial charge in [0.15, 0.2) is 5.52 Å². The first kappa shape index (κ1) is 12.3. The summed E-state index contributed by atoms with van der Waals surface area (Å²) in [4.78, 5) is 4.35. The van der Waals surface area contributed by atoms with Crippen LogP contribution in [0.15, 0.2) is 48.5 Å². The lowest BCUT2D eigenvalue weighted by Crippen LogP contribution is -2.34. The topological polar surface area (TPSA) is 39.8 Å². The van der Waals surface area contributed by atoms with E-state index in [1.54, 1.807) is 6.92 Å². The lowest BCUT2D eigenvalue weighted by atomic mass is 10.1. The first-order chi connectivity index (χ1) is 9.16. The van der Waals surface area contributed by atoms with Crippen molar-refractivity contribution in [3.8, 4) is 11.3 Å². The molecule has 0 aliphatic heterocycles. The molecule has 2 aromatic carbocycles. The Kier molecular flexibility index (Phi) is 3.10. The monoisotopic (exact) mass is 362 g/mol. The summed E-state index contributed by atoms with van der Waals surface area (Å²) >= 11 is 2.25. The number of hydrogen-bond acceptors (Lipinski definition) is 2. The highest BCUT2D eigenvalue weighted by Crippen LogP contribution is 2.26. The highest BCUT2D eigenvalue weighted by Gasteiger charge is 2.16. The summed E-state index contributed by atoms with van der Waals surface area (Å²) in [6.07, 6.45) is 0. The molecular weight excluding hydrogens is 351 g/mol. The molecule has 0 saturated carbocycles. The third-order valence-corrected chi connectivity index (χ3v) is 3.71. The van der Waals surface area contributed by atoms with Crippen molar-refractivity contribution in [1.29, 1.82) is 0 Å². The molecule has 0 fully saturated rings. The van der Waals surface area contributed by atoms with Gasteiger partial charge in [-0.05, 0) is 45.8 Å². The normalized spacial score (nSPS) is 10.8. The Labute approximate surface area is 124 Å². The summed E-state index contributed by atoms with van der Waals surface area (Å²) < 4.78 is 2.00. The minimum Gasteiger partial charge on any atom is -0.710 e. The van der Waals surface area contributed by atoms with Gasteiger partial charge in [0.2, 0.25) is 0 Å². The lowest BCUT2D eigenvalue weighted by Gasteiger charge is -2.13. The van der Waals surface area contributed by atoms with Crippen LogP contribution < -0.4 is 4.73 Å². The molecule has 4 heteroatoms. The summed E-state index contributed by atoms with van der Waals surface area (Å²) in [6, 6.07) is 15.7. The second-order valence-electron chi connectivity index (χ2n) is 4.33. The van der Waals surface area contributed by atoms with Crippen LogP contribution in [-0.2, 0) is 0 Å². The molecule has 0 atom stereocenters. The Hall–Kier alpha value is -1.69. The predicted octanol–water partition coefficient (Wildman–Crippen LogP) is 3.45. The first-order valence-corrected chi connectivity index (χ1v) is 6.99. The molecule has 0 amide bonds. The molecular formula is C15H11IN2O. The second kappa shape index (κ2) is 4.77. The molecule has 1 heterocycles. The number of fused-ring (bicyclic) bond motifs is 1. The van der Waals surface area contributed by atoms with Gasteiger partial charge in [-0.2, -0.15) is 0 Å². The van der Waals surface area contributed by atoms with Crippen molar-refractivity contribution >= 4 is 33.5 Å². The quantitative estimate of drug-likeness (QED) is 0.378. The van der Waals surface area contributed by atoms with Crippen LogP contribution >= 0.6 is 22.6 Å². The molecule has 3 nitrogen and oxygen atoms in total. The third kappa shape index (κ3) is 2.16. The zero-order valence-corrected chi connectivity index (χ0v) is 12.5. The summed E-state index contributed by atoms with van der Waals surface area (Å²) in [5.74, 6) is 0.465. The molecule has 19 heavy (non-hydrogen) atoms. The minimum absolute atomic E-state index is 0.465. The van der Waals surface area contributed by atoms with Gasteiger partial charge >= 0.3 is 0 Å². The van der Waals surface area contributed by atoms with Gasteiger partial charge in [-0.25, -0.2) is 4.73 Å². The SMILES string of the molecule is Cc1nc2ccc(I)cc2c(-c2ccccc2)[n+]1[O-]. The second-order valence-corrected chi connectivity index (χ2v) is 5.58. The van der Waals surface area contributed by atoms with Gasteiger partial charge in [0, 0.05) is 16.1 Å². The average Bonchev–Trinajstić information content (AvgIpc) is 2.42. The molecule has 0 radical (unpaired) electrons. The number of hydrogen-bond donors (Lipinski definition) is 0. The van der Waals surface area contributed by atoms with Crippen LogP contribution in [0.4, 0.5) is 0 Å². The van der Waals surface area contributed by atoms with Gasteiger partial charge in [0.05, 0.1) is 5.39 Å². The third-order valence-electron chi connectivity index (χ3n) is 3.04. The molecule has 94 valence electrons. The number of aromatic nitrogens is 2. The highest BCUT2D eigenvalue weighted by molar-refractivity contribution is 14.1. The van der Waals surface area contributed by atoms with E-state index in [1.807, 2.05) is 48.5 Å². The lowest BCUT2D eigenvalue weighted by molar-refractivity contribution is -0.602. The van der Waals surface area contributed by atoms with Gasteiger partial charge in [0.25, 0.3) is 5.82 Å². The number of aryl methyl sites for hydroxylation is 1. The summed E-state index contributed by atoms with van der Waals surface area (Å²) in [5, 5.41) is 13.2. The van der Waals surface area contributed by atoms with Crippen molar-refractivity contribution in [2.24, 2.45) is 0 Å². The summed E-state index contributed by atoms with van der Waals surface area (Å²) in [6.45, 7) is 1.73. The van der Waals surface area contributed by atoms with Crippen molar-refractivity contribution in [1.82, 2.24) is 4.98 Å². The van der Waals surface area contributed by atoms with Crippen LogP contribution in [0.5, 0.6) is 0 Å². The standard InChI is InChI=1S/C15H11IN2O/c1-10-17-14-8-7-12(16)9-13(14)15(18(10)19)11-5-3-2-4-6-11/h2-9H,1H3. The number of nitrogens with zero attached hydrogens (tertiary/aromatic N) is 2. The summed E-state index contributed by atoms with van der Waals surface area (Å²) in [5.41, 5.74) is 2.43. The fourth-order valence-electron chi connectivity index (χ4n) is 2.16. The van der Waals surface area contributed by atoms with Crippen LogP contribution in [0.3, 0.4) is 0 Å². The van der Waals surface area contributed by atoms with Crippen LogP contribution in [0.2, 0.25) is 0 Å². The first-order valence-electron chi connectivity index (χ1n) is 5.91. The van der Waals surface area contributed by atoms with Crippen molar-refractivity contribution < 1.29 is 4.73 Å². The largest absolute Gasteiger partial charge is 0.710 e. The van der Waals surface area contributed by atoms with E-state index >= 15 is 0 Å². The Morgan fingerprint density at radius 3 is 2.58 bits per heavy atom. The maximum absolute atomic E-state index is 12.3. The van der Waals surface area contributed by atoms with Gasteiger partial charge in [0.1, 0.15) is 5.69 Å². The van der Waals surface area contributed by atoms with Crippen LogP contribution in [0.25, 0.3) is 22.2 Å². The molecule has 1 aromatic heterocycles. The van der Waals surface area contributed by atoms with Gasteiger partial charge in [-0.3, -0.25) is 0 Å². The molecule has 3 rings (SSSR count). The Morgan fingerprint density at radius 2 is 1.84 bits per heavy atom.